The second-order valence-electron chi connectivity index (χ2n) is 10.2. The molecule has 0 aromatic carbocycles. The second-order valence-corrected chi connectivity index (χ2v) is 11.5. The van der Waals surface area contributed by atoms with Crippen LogP contribution < -0.4 is 0 Å². The Bertz CT molecular complexity index is 838. The maximum absolute atomic E-state index is 12.9. The molecule has 4 aliphatic rings. The first kappa shape index (κ1) is 22.2. The first-order chi connectivity index (χ1) is 13.9. The molecule has 6 nitrogen and oxygen atoms in total. The molecule has 0 aliphatic heterocycles. The number of carbonyl (C=O) groups is 3. The molecular formula is C23H31BrO6. The third kappa shape index (κ3) is 2.70. The average Bonchev–Trinajstić information content (AvgIpc) is 2.94. The number of fused-ring (bicyclic) bond motifs is 5. The fraction of sp³-hybridized carbons (Fsp3) is 0.783. The number of aliphatic hydroxyl groups is 2. The third-order valence-corrected chi connectivity index (χ3v) is 11.1. The van der Waals surface area contributed by atoms with Crippen LogP contribution in [0.2, 0.25) is 0 Å². The normalized spacial score (nSPS) is 47.6. The van der Waals surface area contributed by atoms with Crippen molar-refractivity contribution in [2.75, 3.05) is 6.61 Å². The molecule has 3 saturated carbocycles. The lowest BCUT2D eigenvalue weighted by Crippen LogP contribution is -2.68. The number of alkyl halides is 1. The van der Waals surface area contributed by atoms with Crippen molar-refractivity contribution in [2.45, 2.75) is 81.7 Å². The van der Waals surface area contributed by atoms with Crippen LogP contribution in [-0.4, -0.2) is 50.4 Å². The van der Waals surface area contributed by atoms with Crippen LogP contribution in [0.4, 0.5) is 0 Å². The summed E-state index contributed by atoms with van der Waals surface area (Å²) in [7, 11) is 0. The molecule has 0 aromatic rings. The Morgan fingerprint density at radius 1 is 1.20 bits per heavy atom. The minimum absolute atomic E-state index is 0.0440. The molecule has 2 unspecified atom stereocenters. The molecule has 4 aliphatic carbocycles. The van der Waals surface area contributed by atoms with Gasteiger partial charge in [-0.15, -0.1) is 0 Å². The summed E-state index contributed by atoms with van der Waals surface area (Å²) < 4.78 is 4.30. The van der Waals surface area contributed by atoms with Gasteiger partial charge in [-0.3, -0.25) is 14.4 Å². The van der Waals surface area contributed by atoms with Gasteiger partial charge in [-0.1, -0.05) is 35.4 Å². The minimum atomic E-state index is -1.62. The number of allylic oxidation sites excluding steroid dienone is 1. The molecule has 7 heteroatoms. The summed E-state index contributed by atoms with van der Waals surface area (Å²) in [5.41, 5.74) is -1.66. The van der Waals surface area contributed by atoms with Gasteiger partial charge < -0.3 is 14.9 Å². The van der Waals surface area contributed by atoms with Crippen molar-refractivity contribution in [2.24, 2.45) is 22.7 Å². The number of halogens is 1. The van der Waals surface area contributed by atoms with Crippen LogP contribution in [0.1, 0.15) is 65.7 Å². The smallest absolute Gasteiger partial charge is 0.303 e. The van der Waals surface area contributed by atoms with Crippen molar-refractivity contribution in [3.8, 4) is 0 Å². The molecule has 2 N–H and O–H groups in total. The van der Waals surface area contributed by atoms with Gasteiger partial charge in [0.05, 0.1) is 10.4 Å². The van der Waals surface area contributed by atoms with E-state index in [4.69, 9.17) is 4.74 Å². The monoisotopic (exact) mass is 482 g/mol. The zero-order valence-electron chi connectivity index (χ0n) is 17.9. The van der Waals surface area contributed by atoms with E-state index in [2.05, 4.69) is 22.9 Å². The maximum Gasteiger partial charge on any atom is 0.303 e. The van der Waals surface area contributed by atoms with E-state index in [1.807, 2.05) is 6.92 Å². The molecule has 0 amide bonds. The van der Waals surface area contributed by atoms with Crippen molar-refractivity contribution in [3.05, 3.63) is 11.6 Å². The van der Waals surface area contributed by atoms with E-state index in [1.165, 1.54) is 6.92 Å². The van der Waals surface area contributed by atoms with Crippen LogP contribution >= 0.6 is 15.9 Å². The molecule has 0 bridgehead atoms. The quantitative estimate of drug-likeness (QED) is 0.473. The summed E-state index contributed by atoms with van der Waals surface area (Å²) in [6, 6.07) is 0. The summed E-state index contributed by atoms with van der Waals surface area (Å²) in [4.78, 5) is 36.2. The van der Waals surface area contributed by atoms with Gasteiger partial charge >= 0.3 is 5.97 Å². The Morgan fingerprint density at radius 3 is 2.57 bits per heavy atom. The maximum atomic E-state index is 12.9. The molecule has 3 fully saturated rings. The number of rotatable bonds is 3. The Labute approximate surface area is 185 Å². The highest BCUT2D eigenvalue weighted by Gasteiger charge is 2.72. The molecule has 7 atom stereocenters. The van der Waals surface area contributed by atoms with E-state index >= 15 is 0 Å². The van der Waals surface area contributed by atoms with Gasteiger partial charge in [-0.25, -0.2) is 0 Å². The lowest BCUT2D eigenvalue weighted by molar-refractivity contribution is -0.177. The standard InChI is InChI=1S/C23H31BrO6/c1-13(25)30-12-19(28)22(29)9-7-16-17-5-4-14-10-15(26)6-8-20(14,2)23(17,24)18(27)11-21(16,22)3/h10,16-18,27,29H,4-9,11-12H2,1-3H3/t16?,17?,18-,20-,21-,22-,23-/m0/s1. The molecule has 0 heterocycles. The second kappa shape index (κ2) is 6.97. The summed E-state index contributed by atoms with van der Waals surface area (Å²) in [6.07, 6.45) is 5.00. The molecule has 4 rings (SSSR count). The number of carbonyl (C=O) groups excluding carboxylic acids is 3. The van der Waals surface area contributed by atoms with Crippen molar-refractivity contribution in [1.29, 1.82) is 0 Å². The van der Waals surface area contributed by atoms with E-state index < -0.39 is 39.8 Å². The van der Waals surface area contributed by atoms with E-state index in [0.29, 0.717) is 25.7 Å². The number of ether oxygens (including phenoxy) is 1. The van der Waals surface area contributed by atoms with Gasteiger partial charge in [0.25, 0.3) is 0 Å². The number of ketones is 2. The highest BCUT2D eigenvalue weighted by Crippen LogP contribution is 2.71. The predicted octanol–water partition coefficient (Wildman–Crippen LogP) is 2.87. The average molecular weight is 483 g/mol. The van der Waals surface area contributed by atoms with Crippen LogP contribution in [0.15, 0.2) is 11.6 Å². The zero-order valence-corrected chi connectivity index (χ0v) is 19.5. The summed E-state index contributed by atoms with van der Waals surface area (Å²) in [6.45, 7) is 4.85. The highest BCUT2D eigenvalue weighted by molar-refractivity contribution is 9.10. The number of hydrogen-bond acceptors (Lipinski definition) is 6. The molecule has 0 aromatic heterocycles. The molecular weight excluding hydrogens is 452 g/mol. The van der Waals surface area contributed by atoms with Crippen LogP contribution in [0.5, 0.6) is 0 Å². The van der Waals surface area contributed by atoms with Gasteiger partial charge in [0.1, 0.15) is 5.60 Å². The van der Waals surface area contributed by atoms with Crippen molar-refractivity contribution in [3.63, 3.8) is 0 Å². The van der Waals surface area contributed by atoms with E-state index in [1.54, 1.807) is 6.08 Å². The number of aliphatic hydroxyl groups excluding tert-OH is 1. The fourth-order valence-corrected chi connectivity index (χ4v) is 8.48. The molecule has 0 spiro atoms. The van der Waals surface area contributed by atoms with Crippen LogP contribution in [-0.2, 0) is 19.1 Å². The highest BCUT2D eigenvalue weighted by atomic mass is 79.9. The largest absolute Gasteiger partial charge is 0.458 e. The summed E-state index contributed by atoms with van der Waals surface area (Å²) >= 11 is 4.00. The number of esters is 1. The van der Waals surface area contributed by atoms with Gasteiger partial charge in [-0.2, -0.15) is 0 Å². The van der Waals surface area contributed by atoms with E-state index in [0.717, 1.165) is 18.4 Å². The summed E-state index contributed by atoms with van der Waals surface area (Å²) in [5, 5.41) is 23.0. The zero-order chi connectivity index (χ0) is 22.1. The van der Waals surface area contributed by atoms with Crippen molar-refractivity contribution >= 4 is 33.5 Å². The minimum Gasteiger partial charge on any atom is -0.458 e. The van der Waals surface area contributed by atoms with Gasteiger partial charge in [-0.05, 0) is 56.4 Å². The molecule has 166 valence electrons. The molecule has 30 heavy (non-hydrogen) atoms. The lowest BCUT2D eigenvalue weighted by atomic mass is 9.45. The van der Waals surface area contributed by atoms with E-state index in [9.17, 15) is 24.6 Å². The van der Waals surface area contributed by atoms with E-state index in [-0.39, 0.29) is 29.5 Å². The SMILES string of the molecule is CC(=O)OCC(=O)[C@@]1(O)CCC2C3CCC4=CC(=O)CC[C@]4(C)[C@@]3(Br)[C@@H](O)C[C@@]21C. The lowest BCUT2D eigenvalue weighted by Gasteiger charge is -2.65. The Kier molecular flexibility index (Phi) is 5.15. The Morgan fingerprint density at radius 2 is 1.90 bits per heavy atom. The van der Waals surface area contributed by atoms with Gasteiger partial charge in [0, 0.05) is 24.2 Å². The van der Waals surface area contributed by atoms with Crippen LogP contribution in [0, 0.1) is 22.7 Å². The first-order valence-corrected chi connectivity index (χ1v) is 11.7. The topological polar surface area (TPSA) is 101 Å². The summed E-state index contributed by atoms with van der Waals surface area (Å²) in [5.74, 6) is -0.776. The Balaban J connectivity index is 1.71. The van der Waals surface area contributed by atoms with Crippen molar-refractivity contribution in [1.82, 2.24) is 0 Å². The third-order valence-electron chi connectivity index (χ3n) is 9.06. The molecule has 0 saturated heterocycles. The fourth-order valence-electron chi connectivity index (χ4n) is 7.32. The number of hydrogen-bond donors (Lipinski definition) is 2. The van der Waals surface area contributed by atoms with Crippen LogP contribution in [0.25, 0.3) is 0 Å². The Hall–Kier alpha value is -1.05. The van der Waals surface area contributed by atoms with Gasteiger partial charge in [0.2, 0.25) is 5.78 Å². The van der Waals surface area contributed by atoms with Gasteiger partial charge in [0.15, 0.2) is 12.4 Å². The molecule has 0 radical (unpaired) electrons. The van der Waals surface area contributed by atoms with Crippen LogP contribution in [0.3, 0.4) is 0 Å². The first-order valence-electron chi connectivity index (χ1n) is 10.9. The van der Waals surface area contributed by atoms with Crippen molar-refractivity contribution < 1.29 is 29.3 Å². The predicted molar refractivity (Wildman–Crippen MR) is 113 cm³/mol. The number of Topliss-reactive ketones (excluding diaryl/α,β-unsaturated/α-hetero) is 1.